The van der Waals surface area contributed by atoms with Crippen molar-refractivity contribution in [3.63, 3.8) is 0 Å². The van der Waals surface area contributed by atoms with Crippen molar-refractivity contribution in [1.82, 2.24) is 0 Å². The van der Waals surface area contributed by atoms with Gasteiger partial charge in [-0.2, -0.15) is 0 Å². The summed E-state index contributed by atoms with van der Waals surface area (Å²) in [6, 6.07) is 7.27. The fraction of sp³-hybridized carbons (Fsp3) is 0.533. The maximum absolute atomic E-state index is 12.1. The number of nitrogens with zero attached hydrogens (tertiary/aromatic N) is 1. The lowest BCUT2D eigenvalue weighted by atomic mass is 9.75. The van der Waals surface area contributed by atoms with Crippen molar-refractivity contribution < 1.29 is 14.5 Å². The normalized spacial score (nSPS) is 20.4. The molecular weight excluding hydrogens is 258 g/mol. The van der Waals surface area contributed by atoms with E-state index in [4.69, 9.17) is 4.74 Å². The summed E-state index contributed by atoms with van der Waals surface area (Å²) in [6.45, 7) is -0.225. The molecule has 0 saturated heterocycles. The Balaban J connectivity index is 2.35. The highest BCUT2D eigenvalue weighted by molar-refractivity contribution is 5.82. The number of methoxy groups -OCH3 is 1. The Hall–Kier alpha value is -1.91. The first kappa shape index (κ1) is 14.5. The summed E-state index contributed by atoms with van der Waals surface area (Å²) < 4.78 is 5.30. The third-order valence-electron chi connectivity index (χ3n) is 3.97. The number of rotatable bonds is 5. The van der Waals surface area contributed by atoms with Crippen LogP contribution >= 0.6 is 0 Å². The molecule has 108 valence electrons. The molecule has 0 amide bonds. The highest BCUT2D eigenvalue weighted by atomic mass is 16.6. The fourth-order valence-corrected chi connectivity index (χ4v) is 3.01. The summed E-state index contributed by atoms with van der Waals surface area (Å²) >= 11 is 0. The minimum atomic E-state index is -0.394. The number of nitro groups is 1. The number of Topliss-reactive ketones (excluding diaryl/α,β-unsaturated/α-hetero) is 1. The van der Waals surface area contributed by atoms with E-state index in [0.717, 1.165) is 24.8 Å². The predicted molar refractivity (Wildman–Crippen MR) is 74.6 cm³/mol. The lowest BCUT2D eigenvalue weighted by Crippen LogP contribution is -2.30. The molecule has 2 rings (SSSR count). The van der Waals surface area contributed by atoms with Gasteiger partial charge in [-0.15, -0.1) is 0 Å². The van der Waals surface area contributed by atoms with E-state index in [-0.39, 0.29) is 23.2 Å². The number of ether oxygens (including phenoxy) is 1. The van der Waals surface area contributed by atoms with Gasteiger partial charge in [0, 0.05) is 22.8 Å². The second-order valence-corrected chi connectivity index (χ2v) is 5.18. The average Bonchev–Trinajstić information content (AvgIpc) is 2.45. The molecule has 1 unspecified atom stereocenters. The van der Waals surface area contributed by atoms with Crippen molar-refractivity contribution in [2.75, 3.05) is 13.7 Å². The molecule has 5 heteroatoms. The van der Waals surface area contributed by atoms with E-state index >= 15 is 0 Å². The molecule has 0 bridgehead atoms. The number of hydrogen-bond acceptors (Lipinski definition) is 4. The molecule has 0 heterocycles. The van der Waals surface area contributed by atoms with Crippen LogP contribution in [0.1, 0.15) is 37.2 Å². The van der Waals surface area contributed by atoms with Crippen LogP contribution in [0.4, 0.5) is 0 Å². The molecule has 0 aromatic heterocycles. The zero-order chi connectivity index (χ0) is 14.5. The Morgan fingerprint density at radius 3 is 2.80 bits per heavy atom. The van der Waals surface area contributed by atoms with E-state index in [0.29, 0.717) is 12.2 Å². The van der Waals surface area contributed by atoms with Gasteiger partial charge in [-0.05, 0) is 18.9 Å². The molecule has 0 spiro atoms. The van der Waals surface area contributed by atoms with Crippen LogP contribution in [0.25, 0.3) is 0 Å². The number of para-hydroxylation sites is 1. The van der Waals surface area contributed by atoms with E-state index in [1.165, 1.54) is 0 Å². The molecule has 20 heavy (non-hydrogen) atoms. The topological polar surface area (TPSA) is 69.4 Å². The van der Waals surface area contributed by atoms with Gasteiger partial charge < -0.3 is 4.74 Å². The summed E-state index contributed by atoms with van der Waals surface area (Å²) in [7, 11) is 1.55. The summed E-state index contributed by atoms with van der Waals surface area (Å²) in [5, 5.41) is 11.0. The van der Waals surface area contributed by atoms with Crippen LogP contribution in [-0.2, 0) is 4.79 Å². The zero-order valence-corrected chi connectivity index (χ0v) is 11.6. The highest BCUT2D eigenvalue weighted by Gasteiger charge is 2.35. The van der Waals surface area contributed by atoms with Gasteiger partial charge in [0.1, 0.15) is 11.5 Å². The Morgan fingerprint density at radius 2 is 2.15 bits per heavy atom. The van der Waals surface area contributed by atoms with Gasteiger partial charge in [0.05, 0.1) is 13.0 Å². The largest absolute Gasteiger partial charge is 0.496 e. The first-order chi connectivity index (χ1) is 9.63. The van der Waals surface area contributed by atoms with E-state index in [2.05, 4.69) is 0 Å². The van der Waals surface area contributed by atoms with Crippen molar-refractivity contribution in [3.8, 4) is 5.75 Å². The van der Waals surface area contributed by atoms with Gasteiger partial charge in [0.2, 0.25) is 6.54 Å². The first-order valence-corrected chi connectivity index (χ1v) is 6.91. The van der Waals surface area contributed by atoms with Crippen molar-refractivity contribution in [2.24, 2.45) is 5.92 Å². The quantitative estimate of drug-likeness (QED) is 0.613. The molecule has 1 aromatic carbocycles. The van der Waals surface area contributed by atoms with E-state index in [1.54, 1.807) is 13.2 Å². The van der Waals surface area contributed by atoms with Crippen LogP contribution in [0.5, 0.6) is 5.75 Å². The third kappa shape index (κ3) is 3.15. The maximum atomic E-state index is 12.1. The number of carbonyl (C=O) groups excluding carboxylic acids is 1. The second-order valence-electron chi connectivity index (χ2n) is 5.18. The average molecular weight is 277 g/mol. The van der Waals surface area contributed by atoms with Crippen LogP contribution in [0.2, 0.25) is 0 Å². The molecule has 1 aromatic rings. The van der Waals surface area contributed by atoms with Crippen molar-refractivity contribution in [3.05, 3.63) is 39.9 Å². The number of ketones is 1. The molecular formula is C15H19NO4. The number of carbonyl (C=O) groups is 1. The van der Waals surface area contributed by atoms with Crippen molar-refractivity contribution in [1.29, 1.82) is 0 Å². The Labute approximate surface area is 118 Å². The summed E-state index contributed by atoms with van der Waals surface area (Å²) in [5.41, 5.74) is 0.770. The second kappa shape index (κ2) is 6.50. The van der Waals surface area contributed by atoms with Gasteiger partial charge in [-0.25, -0.2) is 0 Å². The summed E-state index contributed by atoms with van der Waals surface area (Å²) in [6.07, 6.45) is 3.12. The lowest BCUT2D eigenvalue weighted by Gasteiger charge is -2.27. The minimum Gasteiger partial charge on any atom is -0.496 e. The van der Waals surface area contributed by atoms with Crippen LogP contribution in [0.15, 0.2) is 24.3 Å². The van der Waals surface area contributed by atoms with E-state index in [9.17, 15) is 14.9 Å². The van der Waals surface area contributed by atoms with Gasteiger partial charge in [0.15, 0.2) is 0 Å². The molecule has 0 radical (unpaired) electrons. The maximum Gasteiger partial charge on any atom is 0.211 e. The lowest BCUT2D eigenvalue weighted by molar-refractivity contribution is -0.484. The zero-order valence-electron chi connectivity index (χ0n) is 11.6. The van der Waals surface area contributed by atoms with Gasteiger partial charge in [-0.1, -0.05) is 24.6 Å². The highest BCUT2D eigenvalue weighted by Crippen LogP contribution is 2.37. The summed E-state index contributed by atoms with van der Waals surface area (Å²) in [5.74, 6) is 0.117. The molecule has 5 nitrogen and oxygen atoms in total. The van der Waals surface area contributed by atoms with Crippen LogP contribution in [-0.4, -0.2) is 24.4 Å². The monoisotopic (exact) mass is 277 g/mol. The van der Waals surface area contributed by atoms with E-state index < -0.39 is 5.92 Å². The van der Waals surface area contributed by atoms with Crippen LogP contribution in [0.3, 0.4) is 0 Å². The fourth-order valence-electron chi connectivity index (χ4n) is 3.01. The number of hydrogen-bond donors (Lipinski definition) is 0. The Kier molecular flexibility index (Phi) is 4.71. The van der Waals surface area contributed by atoms with Crippen LogP contribution < -0.4 is 4.74 Å². The molecule has 1 aliphatic carbocycles. The third-order valence-corrected chi connectivity index (χ3v) is 3.97. The molecule has 0 N–H and O–H groups in total. The SMILES string of the molecule is COc1ccccc1[C@@H](C[N+](=O)[O-])C1CCCCC1=O. The molecule has 1 fully saturated rings. The molecule has 1 aliphatic rings. The standard InChI is InChI=1S/C15H19NO4/c1-20-15-9-5-3-7-12(15)13(10-16(18)19)11-6-2-4-8-14(11)17/h3,5,7,9,11,13H,2,4,6,8,10H2,1H3/t11?,13-/m0/s1. The molecule has 2 atom stereocenters. The molecule has 0 aliphatic heterocycles. The Bertz CT molecular complexity index is 500. The van der Waals surface area contributed by atoms with Gasteiger partial charge >= 0.3 is 0 Å². The van der Waals surface area contributed by atoms with E-state index in [1.807, 2.05) is 18.2 Å². The van der Waals surface area contributed by atoms with Crippen molar-refractivity contribution in [2.45, 2.75) is 31.6 Å². The Morgan fingerprint density at radius 1 is 1.40 bits per heavy atom. The first-order valence-electron chi connectivity index (χ1n) is 6.91. The van der Waals surface area contributed by atoms with Gasteiger partial charge in [0.25, 0.3) is 0 Å². The number of benzene rings is 1. The van der Waals surface area contributed by atoms with Gasteiger partial charge in [-0.3, -0.25) is 14.9 Å². The minimum absolute atomic E-state index is 0.147. The van der Waals surface area contributed by atoms with Crippen molar-refractivity contribution >= 4 is 5.78 Å². The smallest absolute Gasteiger partial charge is 0.211 e. The molecule has 1 saturated carbocycles. The predicted octanol–water partition coefficient (Wildman–Crippen LogP) is 2.81. The summed E-state index contributed by atoms with van der Waals surface area (Å²) in [4.78, 5) is 22.8. The van der Waals surface area contributed by atoms with Crippen LogP contribution in [0, 0.1) is 16.0 Å².